The molecule has 0 rings (SSSR count). The molecule has 0 aromatic carbocycles. The van der Waals surface area contributed by atoms with E-state index in [2.05, 4.69) is 33.3 Å². The van der Waals surface area contributed by atoms with Crippen molar-refractivity contribution >= 4 is 40.0 Å². The summed E-state index contributed by atoms with van der Waals surface area (Å²) < 4.78 is 12.6. The van der Waals surface area contributed by atoms with Gasteiger partial charge in [-0.3, -0.25) is 0 Å². The van der Waals surface area contributed by atoms with E-state index in [0.717, 1.165) is 0 Å². The summed E-state index contributed by atoms with van der Waals surface area (Å²) in [4.78, 5) is 17.1. The van der Waals surface area contributed by atoms with E-state index in [0.29, 0.717) is 0 Å². The molecule has 8 radical (unpaired) electrons. The second kappa shape index (κ2) is 5.45. The van der Waals surface area contributed by atoms with Gasteiger partial charge in [-0.1, -0.05) is 0 Å². The number of hydrogen-bond donors (Lipinski definition) is 2. The Kier molecular flexibility index (Phi) is 5.86. The lowest BCUT2D eigenvalue weighted by atomic mass is 15.7. The third kappa shape index (κ3) is 5.13. The van der Waals surface area contributed by atoms with Crippen molar-refractivity contribution in [3.8, 4) is 0 Å². The third-order valence-electron chi connectivity index (χ3n) is 0.349. The Balaban J connectivity index is 3.22. The van der Waals surface area contributed by atoms with Crippen molar-refractivity contribution in [1.82, 2.24) is 0 Å². The highest BCUT2D eigenvalue weighted by atomic mass is 28.4. The molecule has 0 aromatic rings. The fourth-order valence-corrected chi connectivity index (χ4v) is 1.80. The van der Waals surface area contributed by atoms with E-state index in [-0.39, 0.29) is 0 Å². The van der Waals surface area contributed by atoms with Crippen molar-refractivity contribution in [2.75, 3.05) is 0 Å². The molecule has 0 fully saturated rings. The molecule has 0 bridgehead atoms. The van der Waals surface area contributed by atoms with Gasteiger partial charge in [0.25, 0.3) is 0 Å². The van der Waals surface area contributed by atoms with Crippen molar-refractivity contribution in [3.05, 3.63) is 0 Å². The van der Waals surface area contributed by atoms with Crippen LogP contribution in [0.2, 0.25) is 0 Å². The summed E-state index contributed by atoms with van der Waals surface area (Å²) in [5, 5.41) is 0. The summed E-state index contributed by atoms with van der Waals surface area (Å²) in [5.74, 6) is 0. The van der Waals surface area contributed by atoms with Crippen LogP contribution >= 0.6 is 0 Å². The lowest BCUT2D eigenvalue weighted by Crippen LogP contribution is -2.33. The molecular weight excluding hydrogens is 192 g/mol. The van der Waals surface area contributed by atoms with Crippen LogP contribution in [0.25, 0.3) is 0 Å². The van der Waals surface area contributed by atoms with E-state index < -0.39 is 19.1 Å². The molecule has 0 aromatic heterocycles. The van der Waals surface area contributed by atoms with Gasteiger partial charge in [-0.25, -0.2) is 0 Å². The minimum absolute atomic E-state index is 2.39. The SMILES string of the molecule is O[Si](O[Si])O[Si](O)O[Si]. The van der Waals surface area contributed by atoms with Gasteiger partial charge >= 0.3 is 19.1 Å². The lowest BCUT2D eigenvalue weighted by Gasteiger charge is -2.06. The van der Waals surface area contributed by atoms with Crippen molar-refractivity contribution < 1.29 is 21.9 Å². The summed E-state index contributed by atoms with van der Waals surface area (Å²) in [6, 6.07) is 0. The molecule has 0 aliphatic carbocycles. The zero-order valence-electron chi connectivity index (χ0n) is 4.12. The van der Waals surface area contributed by atoms with Crippen molar-refractivity contribution in [1.29, 1.82) is 0 Å². The predicted molar refractivity (Wildman–Crippen MR) is 30.7 cm³/mol. The van der Waals surface area contributed by atoms with E-state index in [9.17, 15) is 0 Å². The van der Waals surface area contributed by atoms with E-state index in [1.165, 1.54) is 0 Å². The molecule has 9 heavy (non-hydrogen) atoms. The van der Waals surface area contributed by atoms with Gasteiger partial charge in [0, 0.05) is 0 Å². The zero-order valence-corrected chi connectivity index (χ0v) is 8.12. The predicted octanol–water partition coefficient (Wildman–Crippen LogP) is -2.84. The zero-order chi connectivity index (χ0) is 7.28. The molecule has 0 unspecified atom stereocenters. The molecule has 0 aliphatic heterocycles. The van der Waals surface area contributed by atoms with Gasteiger partial charge in [0.15, 0.2) is 0 Å². The first-order chi connectivity index (χ1) is 4.20. The Hall–Kier alpha value is 0.668. The quantitative estimate of drug-likeness (QED) is 0.472. The standard InChI is InChI=1S/H2O5Si4/c1-8(3-6)5-9(2)4-7/h1-2H. The number of hydrogen-bond acceptors (Lipinski definition) is 5. The van der Waals surface area contributed by atoms with Crippen molar-refractivity contribution in [2.24, 2.45) is 0 Å². The minimum Gasteiger partial charge on any atom is -0.414 e. The van der Waals surface area contributed by atoms with E-state index in [4.69, 9.17) is 9.59 Å². The molecule has 5 nitrogen and oxygen atoms in total. The topological polar surface area (TPSA) is 68.2 Å². The summed E-state index contributed by atoms with van der Waals surface area (Å²) in [7, 11) is 0.267. The fraction of sp³-hybridized carbons (Fsp3) is 0. The van der Waals surface area contributed by atoms with Gasteiger partial charge in [-0.15, -0.1) is 0 Å². The Labute approximate surface area is 62.6 Å². The summed E-state index contributed by atoms with van der Waals surface area (Å²) in [6.45, 7) is 0. The molecule has 48 valence electrons. The molecule has 0 amide bonds. The van der Waals surface area contributed by atoms with Crippen LogP contribution < -0.4 is 0 Å². The Morgan fingerprint density at radius 3 is 1.56 bits per heavy atom. The van der Waals surface area contributed by atoms with Crippen LogP contribution in [0.4, 0.5) is 0 Å². The van der Waals surface area contributed by atoms with Gasteiger partial charge in [-0.05, 0) is 0 Å². The summed E-state index contributed by atoms with van der Waals surface area (Å²) >= 11 is 0. The van der Waals surface area contributed by atoms with Crippen LogP contribution in [0.1, 0.15) is 0 Å². The lowest BCUT2D eigenvalue weighted by molar-refractivity contribution is 0.234. The first-order valence-electron chi connectivity index (χ1n) is 1.67. The molecule has 0 heterocycles. The van der Waals surface area contributed by atoms with Crippen LogP contribution in [0.5, 0.6) is 0 Å². The van der Waals surface area contributed by atoms with Gasteiger partial charge in [0.2, 0.25) is 21.0 Å². The van der Waals surface area contributed by atoms with Gasteiger partial charge in [0.05, 0.1) is 0 Å². The highest BCUT2D eigenvalue weighted by Crippen LogP contribution is 1.84. The average Bonchev–Trinajstić information content (AvgIpc) is 1.87. The van der Waals surface area contributed by atoms with Crippen molar-refractivity contribution in [3.63, 3.8) is 0 Å². The van der Waals surface area contributed by atoms with Gasteiger partial charge < -0.3 is 21.9 Å². The molecule has 9 heteroatoms. The smallest absolute Gasteiger partial charge is 0.414 e. The van der Waals surface area contributed by atoms with Crippen LogP contribution in [0, 0.1) is 0 Å². The van der Waals surface area contributed by atoms with E-state index >= 15 is 0 Å². The van der Waals surface area contributed by atoms with Gasteiger partial charge in [-0.2, -0.15) is 0 Å². The molecule has 0 saturated carbocycles. The second-order valence-electron chi connectivity index (χ2n) is 0.838. The highest BCUT2D eigenvalue weighted by Gasteiger charge is 2.20. The molecule has 2 N–H and O–H groups in total. The molecule has 0 atom stereocenters. The normalized spacial score (nSPS) is 11.3. The van der Waals surface area contributed by atoms with Crippen molar-refractivity contribution in [2.45, 2.75) is 0 Å². The van der Waals surface area contributed by atoms with Crippen LogP contribution in [0.3, 0.4) is 0 Å². The average molecular weight is 194 g/mol. The Morgan fingerprint density at radius 1 is 1.00 bits per heavy atom. The first-order valence-corrected chi connectivity index (χ1v) is 5.02. The van der Waals surface area contributed by atoms with Gasteiger partial charge in [0.1, 0.15) is 0 Å². The van der Waals surface area contributed by atoms with E-state index in [1.807, 2.05) is 0 Å². The molecular formula is H2O5Si4. The first kappa shape index (κ1) is 9.67. The molecule has 0 saturated heterocycles. The second-order valence-corrected chi connectivity index (χ2v) is 4.35. The van der Waals surface area contributed by atoms with Crippen LogP contribution in [-0.2, 0) is 12.3 Å². The maximum absolute atomic E-state index is 8.53. The number of rotatable bonds is 4. The minimum atomic E-state index is -2.39. The fourth-order valence-electron chi connectivity index (χ4n) is 0.116. The highest BCUT2D eigenvalue weighted by molar-refractivity contribution is 6.54. The largest absolute Gasteiger partial charge is 0.555 e. The summed E-state index contributed by atoms with van der Waals surface area (Å²) in [6.07, 6.45) is 0. The van der Waals surface area contributed by atoms with E-state index in [1.54, 1.807) is 0 Å². The van der Waals surface area contributed by atoms with Crippen LogP contribution in [-0.4, -0.2) is 49.6 Å². The molecule has 0 spiro atoms. The Morgan fingerprint density at radius 2 is 1.33 bits per heavy atom. The Bertz CT molecular complexity index is 58.0. The summed E-state index contributed by atoms with van der Waals surface area (Å²) in [5.41, 5.74) is 0. The molecule has 0 aliphatic rings. The van der Waals surface area contributed by atoms with Crippen LogP contribution in [0.15, 0.2) is 0 Å². The maximum Gasteiger partial charge on any atom is 0.555 e. The third-order valence-corrected chi connectivity index (χ3v) is 3.14. The monoisotopic (exact) mass is 194 g/mol. The maximum atomic E-state index is 8.53.